The minimum absolute atomic E-state index is 0.00583. The number of benzene rings is 1. The highest BCUT2D eigenvalue weighted by atomic mass is 19.4. The van der Waals surface area contributed by atoms with Crippen LogP contribution in [0.5, 0.6) is 0 Å². The van der Waals surface area contributed by atoms with Crippen molar-refractivity contribution in [1.29, 1.82) is 0 Å². The van der Waals surface area contributed by atoms with Crippen LogP contribution in [0.4, 0.5) is 18.0 Å². The van der Waals surface area contributed by atoms with E-state index in [1.54, 1.807) is 0 Å². The van der Waals surface area contributed by atoms with Gasteiger partial charge >= 0.3 is 18.2 Å². The summed E-state index contributed by atoms with van der Waals surface area (Å²) in [5.41, 5.74) is -0.882. The summed E-state index contributed by atoms with van der Waals surface area (Å²) in [6, 6.07) is 2.95. The zero-order valence-corrected chi connectivity index (χ0v) is 10.5. The lowest BCUT2D eigenvalue weighted by Crippen LogP contribution is -2.44. The maximum Gasteiger partial charge on any atom is 0.416 e. The van der Waals surface area contributed by atoms with Crippen molar-refractivity contribution in [3.8, 4) is 0 Å². The van der Waals surface area contributed by atoms with E-state index in [1.165, 1.54) is 18.2 Å². The van der Waals surface area contributed by atoms with E-state index in [-0.39, 0.29) is 23.4 Å². The molecule has 2 amide bonds. The molecule has 1 aromatic carbocycles. The van der Waals surface area contributed by atoms with Crippen LogP contribution in [0.15, 0.2) is 35.5 Å². The van der Waals surface area contributed by atoms with Gasteiger partial charge in [-0.2, -0.15) is 13.2 Å². The number of nitrogens with one attached hydrogen (secondary N) is 2. The first kappa shape index (κ1) is 13.5. The fourth-order valence-electron chi connectivity index (χ4n) is 2.43. The van der Waals surface area contributed by atoms with Gasteiger partial charge < -0.3 is 15.4 Å². The molecular weight excluding hydrogens is 289 g/mol. The molecule has 8 heteroatoms. The molecule has 0 aliphatic carbocycles. The molecule has 2 aliphatic heterocycles. The normalized spacial score (nSPS) is 21.6. The Balaban J connectivity index is 2.14. The average molecular weight is 298 g/mol. The summed E-state index contributed by atoms with van der Waals surface area (Å²) >= 11 is 0. The van der Waals surface area contributed by atoms with Crippen LogP contribution in [-0.2, 0) is 15.7 Å². The van der Waals surface area contributed by atoms with Gasteiger partial charge in [0.05, 0.1) is 22.9 Å². The smallest absolute Gasteiger partial charge is 0.416 e. The number of cyclic esters (lactones) is 1. The molecule has 0 saturated heterocycles. The lowest BCUT2D eigenvalue weighted by Gasteiger charge is -2.26. The standard InChI is InChI=1S/C13H9F3N2O3/c14-13(15,16)7-4-2-1-3-6(7)10-9-8(5-21-11(9)19)17-12(20)18-10/h1-4,10H,5H2,(H2,17,18,20)/t10-/m0/s1. The summed E-state index contributed by atoms with van der Waals surface area (Å²) in [7, 11) is 0. The summed E-state index contributed by atoms with van der Waals surface area (Å²) in [5.74, 6) is -0.737. The maximum atomic E-state index is 13.1. The van der Waals surface area contributed by atoms with E-state index in [1.807, 2.05) is 0 Å². The van der Waals surface area contributed by atoms with E-state index in [2.05, 4.69) is 10.6 Å². The van der Waals surface area contributed by atoms with Crippen molar-refractivity contribution in [2.24, 2.45) is 0 Å². The first-order valence-electron chi connectivity index (χ1n) is 6.01. The van der Waals surface area contributed by atoms with Gasteiger partial charge in [-0.15, -0.1) is 0 Å². The number of halogens is 3. The summed E-state index contributed by atoms with van der Waals surface area (Å²) in [6.45, 7) is -0.147. The van der Waals surface area contributed by atoms with E-state index in [0.29, 0.717) is 0 Å². The minimum atomic E-state index is -4.59. The molecule has 0 radical (unpaired) electrons. The van der Waals surface area contributed by atoms with E-state index < -0.39 is 29.8 Å². The van der Waals surface area contributed by atoms with Gasteiger partial charge in [0.1, 0.15) is 6.61 Å². The highest BCUT2D eigenvalue weighted by molar-refractivity contribution is 5.97. The Hall–Kier alpha value is -2.51. The third-order valence-electron chi connectivity index (χ3n) is 3.30. The van der Waals surface area contributed by atoms with Crippen LogP contribution in [0.3, 0.4) is 0 Å². The Morgan fingerprint density at radius 1 is 1.19 bits per heavy atom. The molecular formula is C13H9F3N2O3. The third kappa shape index (κ3) is 2.22. The molecule has 21 heavy (non-hydrogen) atoms. The number of alkyl halides is 3. The van der Waals surface area contributed by atoms with Crippen molar-refractivity contribution in [3.05, 3.63) is 46.7 Å². The number of carbonyl (C=O) groups excluding carboxylic acids is 2. The number of amides is 2. The zero-order valence-electron chi connectivity index (χ0n) is 10.5. The lowest BCUT2D eigenvalue weighted by atomic mass is 9.92. The molecule has 2 N–H and O–H groups in total. The SMILES string of the molecule is O=C1NC2=C(C(=O)OC2)[C@H](c2ccccc2C(F)(F)F)N1. The van der Waals surface area contributed by atoms with Crippen LogP contribution in [0, 0.1) is 0 Å². The second-order valence-electron chi connectivity index (χ2n) is 4.58. The minimum Gasteiger partial charge on any atom is -0.456 e. The Kier molecular flexibility index (Phi) is 2.89. The van der Waals surface area contributed by atoms with Gasteiger partial charge in [-0.3, -0.25) is 0 Å². The summed E-state index contributed by atoms with van der Waals surface area (Å²) in [6.07, 6.45) is -4.59. The van der Waals surface area contributed by atoms with Gasteiger partial charge in [-0.1, -0.05) is 18.2 Å². The number of hydrogen-bond acceptors (Lipinski definition) is 3. The van der Waals surface area contributed by atoms with Crippen molar-refractivity contribution in [2.45, 2.75) is 12.2 Å². The molecule has 2 heterocycles. The molecule has 0 spiro atoms. The zero-order chi connectivity index (χ0) is 15.2. The number of hydrogen-bond donors (Lipinski definition) is 2. The van der Waals surface area contributed by atoms with Crippen molar-refractivity contribution in [1.82, 2.24) is 10.6 Å². The van der Waals surface area contributed by atoms with Gasteiger partial charge in [0.2, 0.25) is 0 Å². The van der Waals surface area contributed by atoms with E-state index in [0.717, 1.165) is 6.07 Å². The predicted molar refractivity (Wildman–Crippen MR) is 63.8 cm³/mol. The van der Waals surface area contributed by atoms with Crippen molar-refractivity contribution >= 4 is 12.0 Å². The molecule has 0 saturated carbocycles. The first-order chi connectivity index (χ1) is 9.88. The highest BCUT2D eigenvalue weighted by Gasteiger charge is 2.42. The van der Waals surface area contributed by atoms with Gasteiger partial charge in [0.15, 0.2) is 0 Å². The van der Waals surface area contributed by atoms with Crippen LogP contribution in [-0.4, -0.2) is 18.6 Å². The number of esters is 1. The summed E-state index contributed by atoms with van der Waals surface area (Å²) in [4.78, 5) is 23.3. The van der Waals surface area contributed by atoms with Gasteiger partial charge in [0, 0.05) is 0 Å². The molecule has 0 aromatic heterocycles. The lowest BCUT2D eigenvalue weighted by molar-refractivity contribution is -0.139. The van der Waals surface area contributed by atoms with Crippen LogP contribution in [0.2, 0.25) is 0 Å². The third-order valence-corrected chi connectivity index (χ3v) is 3.30. The Morgan fingerprint density at radius 2 is 1.90 bits per heavy atom. The summed E-state index contributed by atoms with van der Waals surface area (Å²) < 4.78 is 44.0. The molecule has 0 fully saturated rings. The van der Waals surface area contributed by atoms with Crippen LogP contribution >= 0.6 is 0 Å². The van der Waals surface area contributed by atoms with E-state index >= 15 is 0 Å². The summed E-state index contributed by atoms with van der Waals surface area (Å²) in [5, 5.41) is 4.71. The second-order valence-corrected chi connectivity index (χ2v) is 4.58. The van der Waals surface area contributed by atoms with Crippen molar-refractivity contribution < 1.29 is 27.5 Å². The van der Waals surface area contributed by atoms with Crippen LogP contribution < -0.4 is 10.6 Å². The monoisotopic (exact) mass is 298 g/mol. The molecule has 0 bridgehead atoms. The molecule has 2 aliphatic rings. The topological polar surface area (TPSA) is 67.4 Å². The van der Waals surface area contributed by atoms with Gasteiger partial charge in [0.25, 0.3) is 0 Å². The molecule has 1 atom stereocenters. The number of urea groups is 1. The molecule has 3 rings (SSSR count). The Bertz CT molecular complexity index is 667. The van der Waals surface area contributed by atoms with Crippen LogP contribution in [0.25, 0.3) is 0 Å². The van der Waals surface area contributed by atoms with Crippen molar-refractivity contribution in [3.63, 3.8) is 0 Å². The van der Waals surface area contributed by atoms with Crippen molar-refractivity contribution in [2.75, 3.05) is 6.61 Å². The Morgan fingerprint density at radius 3 is 2.62 bits per heavy atom. The van der Waals surface area contributed by atoms with Gasteiger partial charge in [-0.25, -0.2) is 9.59 Å². The fourth-order valence-corrected chi connectivity index (χ4v) is 2.43. The average Bonchev–Trinajstić information content (AvgIpc) is 2.78. The molecule has 110 valence electrons. The highest BCUT2D eigenvalue weighted by Crippen LogP contribution is 2.39. The quantitative estimate of drug-likeness (QED) is 0.778. The predicted octanol–water partition coefficient (Wildman–Crippen LogP) is 1.87. The Labute approximate surface area is 116 Å². The molecule has 5 nitrogen and oxygen atoms in total. The maximum absolute atomic E-state index is 13.1. The van der Waals surface area contributed by atoms with Gasteiger partial charge in [-0.05, 0) is 11.6 Å². The first-order valence-corrected chi connectivity index (χ1v) is 6.01. The largest absolute Gasteiger partial charge is 0.456 e. The number of carbonyl (C=O) groups is 2. The molecule has 1 aromatic rings. The van der Waals surface area contributed by atoms with Crippen LogP contribution in [0.1, 0.15) is 17.2 Å². The fraction of sp³-hybridized carbons (Fsp3) is 0.231. The second kappa shape index (κ2) is 4.51. The molecule has 0 unspecified atom stereocenters. The van der Waals surface area contributed by atoms with E-state index in [4.69, 9.17) is 4.74 Å². The number of ether oxygens (including phenoxy) is 1. The van der Waals surface area contributed by atoms with E-state index in [9.17, 15) is 22.8 Å². The number of rotatable bonds is 1.